The first-order valence-electron chi connectivity index (χ1n) is 5.69. The van der Waals surface area contributed by atoms with E-state index >= 15 is 0 Å². The third-order valence-electron chi connectivity index (χ3n) is 2.34. The molecule has 0 amide bonds. The van der Waals surface area contributed by atoms with Crippen LogP contribution in [0.15, 0.2) is 29.3 Å². The summed E-state index contributed by atoms with van der Waals surface area (Å²) in [5, 5.41) is 0. The van der Waals surface area contributed by atoms with Crippen LogP contribution in [-0.2, 0) is 5.41 Å². The molecule has 4 nitrogen and oxygen atoms in total. The second-order valence-corrected chi connectivity index (χ2v) is 4.90. The minimum absolute atomic E-state index is 0. The van der Waals surface area contributed by atoms with Crippen LogP contribution in [0, 0.1) is 0 Å². The molecule has 0 fully saturated rings. The van der Waals surface area contributed by atoms with Gasteiger partial charge < -0.3 is 16.2 Å². The number of hydrogen-bond donors (Lipinski definition) is 2. The highest BCUT2D eigenvalue weighted by atomic mass is 127. The topological polar surface area (TPSA) is 73.6 Å². The van der Waals surface area contributed by atoms with Gasteiger partial charge >= 0.3 is 0 Å². The maximum Gasteiger partial charge on any atom is 0.186 e. The number of aliphatic imine (C=N–C) groups is 1. The Morgan fingerprint density at radius 3 is 2.39 bits per heavy atom. The molecule has 1 rings (SSSR count). The van der Waals surface area contributed by atoms with Crippen molar-refractivity contribution in [1.29, 1.82) is 0 Å². The number of para-hydroxylation sites is 1. The molecular formula is C13H22IN3O. The van der Waals surface area contributed by atoms with Gasteiger partial charge in [-0.25, -0.2) is 0 Å². The summed E-state index contributed by atoms with van der Waals surface area (Å²) in [6, 6.07) is 8.03. The summed E-state index contributed by atoms with van der Waals surface area (Å²) in [5.41, 5.74) is 11.7. The van der Waals surface area contributed by atoms with E-state index in [0.29, 0.717) is 13.2 Å². The minimum Gasteiger partial charge on any atom is -0.491 e. The fourth-order valence-electron chi connectivity index (χ4n) is 1.54. The van der Waals surface area contributed by atoms with Crippen molar-refractivity contribution in [3.63, 3.8) is 0 Å². The predicted octanol–water partition coefficient (Wildman–Crippen LogP) is 2.25. The second kappa shape index (κ2) is 7.45. The molecule has 1 aromatic carbocycles. The van der Waals surface area contributed by atoms with Gasteiger partial charge in [0.05, 0.1) is 6.54 Å². The van der Waals surface area contributed by atoms with Gasteiger partial charge in [0.25, 0.3) is 0 Å². The molecule has 0 heterocycles. The molecule has 5 heteroatoms. The van der Waals surface area contributed by atoms with Crippen molar-refractivity contribution in [3.05, 3.63) is 29.8 Å². The van der Waals surface area contributed by atoms with Crippen molar-refractivity contribution in [3.8, 4) is 5.75 Å². The first kappa shape index (κ1) is 17.0. The zero-order valence-corrected chi connectivity index (χ0v) is 13.5. The predicted molar refractivity (Wildman–Crippen MR) is 86.7 cm³/mol. The lowest BCUT2D eigenvalue weighted by Gasteiger charge is -2.22. The molecule has 0 aliphatic heterocycles. The van der Waals surface area contributed by atoms with E-state index in [9.17, 15) is 0 Å². The molecule has 0 atom stereocenters. The van der Waals surface area contributed by atoms with Gasteiger partial charge in [-0.3, -0.25) is 4.99 Å². The van der Waals surface area contributed by atoms with E-state index in [4.69, 9.17) is 16.2 Å². The van der Waals surface area contributed by atoms with Gasteiger partial charge in [-0.15, -0.1) is 24.0 Å². The number of benzene rings is 1. The van der Waals surface area contributed by atoms with Crippen LogP contribution in [0.4, 0.5) is 0 Å². The van der Waals surface area contributed by atoms with Crippen molar-refractivity contribution < 1.29 is 4.74 Å². The van der Waals surface area contributed by atoms with Crippen molar-refractivity contribution >= 4 is 29.9 Å². The average Bonchev–Trinajstić information content (AvgIpc) is 2.23. The van der Waals surface area contributed by atoms with Gasteiger partial charge in [0.2, 0.25) is 0 Å². The second-order valence-electron chi connectivity index (χ2n) is 4.90. The van der Waals surface area contributed by atoms with E-state index in [0.717, 1.165) is 5.75 Å². The smallest absolute Gasteiger partial charge is 0.186 e. The Hall–Kier alpha value is -0.980. The highest BCUT2D eigenvalue weighted by Crippen LogP contribution is 2.30. The molecule has 0 bridgehead atoms. The Kier molecular flexibility index (Phi) is 7.05. The van der Waals surface area contributed by atoms with E-state index in [1.54, 1.807) is 0 Å². The van der Waals surface area contributed by atoms with Crippen LogP contribution in [-0.4, -0.2) is 19.1 Å². The zero-order valence-electron chi connectivity index (χ0n) is 11.1. The number of rotatable bonds is 4. The first-order valence-corrected chi connectivity index (χ1v) is 5.69. The minimum atomic E-state index is 0. The van der Waals surface area contributed by atoms with E-state index in [1.807, 2.05) is 18.2 Å². The van der Waals surface area contributed by atoms with Gasteiger partial charge in [-0.05, 0) is 17.0 Å². The average molecular weight is 363 g/mol. The Morgan fingerprint density at radius 2 is 1.83 bits per heavy atom. The third-order valence-corrected chi connectivity index (χ3v) is 2.34. The number of hydrogen-bond acceptors (Lipinski definition) is 2. The molecule has 1 aromatic rings. The standard InChI is InChI=1S/C13H21N3O.HI/c1-13(2,3)10-6-4-5-7-11(10)17-9-8-16-12(14)15;/h4-7H,8-9H2,1-3H3,(H4,14,15,16);1H. The van der Waals surface area contributed by atoms with Gasteiger partial charge in [-0.2, -0.15) is 0 Å². The highest BCUT2D eigenvalue weighted by Gasteiger charge is 2.17. The first-order chi connectivity index (χ1) is 7.91. The molecule has 0 saturated carbocycles. The lowest BCUT2D eigenvalue weighted by Crippen LogP contribution is -2.23. The molecule has 0 unspecified atom stereocenters. The summed E-state index contributed by atoms with van der Waals surface area (Å²) in [6.45, 7) is 7.42. The van der Waals surface area contributed by atoms with Crippen LogP contribution in [0.2, 0.25) is 0 Å². The Labute approximate surface area is 126 Å². The normalized spacial score (nSPS) is 10.4. The maximum absolute atomic E-state index is 5.70. The van der Waals surface area contributed by atoms with Crippen LogP contribution in [0.1, 0.15) is 26.3 Å². The van der Waals surface area contributed by atoms with Gasteiger partial charge in [0.1, 0.15) is 12.4 Å². The zero-order chi connectivity index (χ0) is 12.9. The molecule has 0 aliphatic rings. The van der Waals surface area contributed by atoms with E-state index in [-0.39, 0.29) is 35.4 Å². The van der Waals surface area contributed by atoms with Crippen molar-refractivity contribution in [1.82, 2.24) is 0 Å². The molecule has 4 N–H and O–H groups in total. The fraction of sp³-hybridized carbons (Fsp3) is 0.462. The van der Waals surface area contributed by atoms with Crippen molar-refractivity contribution in [2.24, 2.45) is 16.5 Å². The van der Waals surface area contributed by atoms with Crippen LogP contribution >= 0.6 is 24.0 Å². The Morgan fingerprint density at radius 1 is 1.22 bits per heavy atom. The van der Waals surface area contributed by atoms with E-state index < -0.39 is 0 Å². The van der Waals surface area contributed by atoms with Gasteiger partial charge in [0, 0.05) is 0 Å². The Bertz CT molecular complexity index is 395. The molecule has 102 valence electrons. The third kappa shape index (κ3) is 5.57. The van der Waals surface area contributed by atoms with E-state index in [1.165, 1.54) is 5.56 Å². The quantitative estimate of drug-likeness (QED) is 0.373. The van der Waals surface area contributed by atoms with Crippen molar-refractivity contribution in [2.45, 2.75) is 26.2 Å². The monoisotopic (exact) mass is 363 g/mol. The van der Waals surface area contributed by atoms with Crippen LogP contribution in [0.5, 0.6) is 5.75 Å². The highest BCUT2D eigenvalue weighted by molar-refractivity contribution is 14.0. The number of nitrogens with zero attached hydrogens (tertiary/aromatic N) is 1. The molecule has 0 saturated heterocycles. The summed E-state index contributed by atoms with van der Waals surface area (Å²) in [7, 11) is 0. The summed E-state index contributed by atoms with van der Waals surface area (Å²) in [4.78, 5) is 3.88. The summed E-state index contributed by atoms with van der Waals surface area (Å²) in [5.74, 6) is 0.989. The molecular weight excluding hydrogens is 341 g/mol. The Balaban J connectivity index is 0.00000289. The van der Waals surface area contributed by atoms with Crippen LogP contribution < -0.4 is 16.2 Å². The molecule has 0 aromatic heterocycles. The maximum atomic E-state index is 5.70. The van der Waals surface area contributed by atoms with Crippen LogP contribution in [0.3, 0.4) is 0 Å². The number of halogens is 1. The van der Waals surface area contributed by atoms with Crippen LogP contribution in [0.25, 0.3) is 0 Å². The molecule has 18 heavy (non-hydrogen) atoms. The summed E-state index contributed by atoms with van der Waals surface area (Å²) >= 11 is 0. The molecule has 0 aliphatic carbocycles. The van der Waals surface area contributed by atoms with Gasteiger partial charge in [-0.1, -0.05) is 39.0 Å². The number of guanidine groups is 1. The molecule has 0 spiro atoms. The number of nitrogens with two attached hydrogens (primary N) is 2. The summed E-state index contributed by atoms with van der Waals surface area (Å²) in [6.07, 6.45) is 0. The number of ether oxygens (including phenoxy) is 1. The lowest BCUT2D eigenvalue weighted by atomic mass is 9.86. The van der Waals surface area contributed by atoms with Crippen molar-refractivity contribution in [2.75, 3.05) is 13.2 Å². The summed E-state index contributed by atoms with van der Waals surface area (Å²) < 4.78 is 5.70. The SMILES string of the molecule is CC(C)(C)c1ccccc1OCCN=C(N)N.I. The molecule has 0 radical (unpaired) electrons. The fourth-order valence-corrected chi connectivity index (χ4v) is 1.54. The van der Waals surface area contributed by atoms with Gasteiger partial charge in [0.15, 0.2) is 5.96 Å². The largest absolute Gasteiger partial charge is 0.491 e. The lowest BCUT2D eigenvalue weighted by molar-refractivity contribution is 0.319. The van der Waals surface area contributed by atoms with E-state index in [2.05, 4.69) is 31.8 Å².